The van der Waals surface area contributed by atoms with Crippen molar-refractivity contribution in [2.24, 2.45) is 5.92 Å². The van der Waals surface area contributed by atoms with Gasteiger partial charge in [-0.1, -0.05) is 29.8 Å². The van der Waals surface area contributed by atoms with Crippen LogP contribution in [0.2, 0.25) is 0 Å². The molecule has 1 N–H and O–H groups in total. The zero-order valence-corrected chi connectivity index (χ0v) is 13.8. The van der Waals surface area contributed by atoms with E-state index < -0.39 is 17.9 Å². The van der Waals surface area contributed by atoms with E-state index in [9.17, 15) is 19.5 Å². The van der Waals surface area contributed by atoms with Crippen LogP contribution >= 0.6 is 0 Å². The Labute approximate surface area is 141 Å². The fourth-order valence-electron chi connectivity index (χ4n) is 3.53. The molecule has 2 aliphatic heterocycles. The van der Waals surface area contributed by atoms with Crippen molar-refractivity contribution in [2.75, 3.05) is 13.1 Å². The molecule has 6 heteroatoms. The van der Waals surface area contributed by atoms with Crippen LogP contribution in [-0.4, -0.2) is 51.8 Å². The molecule has 0 spiro atoms. The third kappa shape index (κ3) is 3.27. The van der Waals surface area contributed by atoms with Gasteiger partial charge in [-0.25, -0.2) is 4.79 Å². The number of benzene rings is 1. The number of rotatable bonds is 4. The minimum absolute atomic E-state index is 0.0417. The van der Waals surface area contributed by atoms with Gasteiger partial charge in [0.1, 0.15) is 6.04 Å². The molecule has 1 unspecified atom stereocenters. The molecule has 2 heterocycles. The second-order valence-electron chi connectivity index (χ2n) is 6.69. The van der Waals surface area contributed by atoms with Gasteiger partial charge in [0.25, 0.3) is 0 Å². The Kier molecular flexibility index (Phi) is 4.55. The number of aryl methyl sites for hydroxylation is 1. The van der Waals surface area contributed by atoms with E-state index in [0.29, 0.717) is 32.5 Å². The highest BCUT2D eigenvalue weighted by molar-refractivity contribution is 5.91. The Morgan fingerprint density at radius 1 is 1.25 bits per heavy atom. The average Bonchev–Trinajstić information content (AvgIpc) is 3.16. The van der Waals surface area contributed by atoms with Crippen molar-refractivity contribution in [2.45, 2.75) is 38.8 Å². The van der Waals surface area contributed by atoms with Crippen LogP contribution in [0.15, 0.2) is 24.3 Å². The van der Waals surface area contributed by atoms with Gasteiger partial charge in [0, 0.05) is 26.1 Å². The topological polar surface area (TPSA) is 77.9 Å². The van der Waals surface area contributed by atoms with Crippen molar-refractivity contribution in [1.29, 1.82) is 0 Å². The van der Waals surface area contributed by atoms with Gasteiger partial charge in [-0.2, -0.15) is 0 Å². The van der Waals surface area contributed by atoms with Crippen LogP contribution in [0.25, 0.3) is 0 Å². The van der Waals surface area contributed by atoms with Crippen LogP contribution in [0.3, 0.4) is 0 Å². The van der Waals surface area contributed by atoms with Crippen molar-refractivity contribution in [3.8, 4) is 0 Å². The van der Waals surface area contributed by atoms with Crippen molar-refractivity contribution >= 4 is 17.8 Å². The molecule has 2 fully saturated rings. The minimum Gasteiger partial charge on any atom is -0.480 e. The first-order valence-electron chi connectivity index (χ1n) is 8.32. The summed E-state index contributed by atoms with van der Waals surface area (Å²) in [4.78, 5) is 39.3. The van der Waals surface area contributed by atoms with E-state index in [2.05, 4.69) is 0 Å². The van der Waals surface area contributed by atoms with Crippen LogP contribution in [0.5, 0.6) is 0 Å². The fourth-order valence-corrected chi connectivity index (χ4v) is 3.53. The molecule has 3 rings (SSSR count). The van der Waals surface area contributed by atoms with Gasteiger partial charge in [-0.05, 0) is 25.3 Å². The molecule has 0 aromatic heterocycles. The molecule has 24 heavy (non-hydrogen) atoms. The first-order valence-corrected chi connectivity index (χ1v) is 8.32. The fraction of sp³-hybridized carbons (Fsp3) is 0.500. The predicted octanol–water partition coefficient (Wildman–Crippen LogP) is 1.42. The van der Waals surface area contributed by atoms with Crippen LogP contribution in [0.4, 0.5) is 0 Å². The summed E-state index contributed by atoms with van der Waals surface area (Å²) < 4.78 is 0. The molecule has 0 saturated carbocycles. The first-order chi connectivity index (χ1) is 11.5. The first kappa shape index (κ1) is 16.5. The number of aliphatic carboxylic acids is 1. The number of nitrogens with zero attached hydrogens (tertiary/aromatic N) is 2. The van der Waals surface area contributed by atoms with Gasteiger partial charge in [0.15, 0.2) is 0 Å². The highest BCUT2D eigenvalue weighted by Gasteiger charge is 2.41. The number of hydrogen-bond donors (Lipinski definition) is 1. The lowest BCUT2D eigenvalue weighted by Crippen LogP contribution is -2.44. The number of carboxylic acids is 1. The van der Waals surface area contributed by atoms with Gasteiger partial charge in [-0.3, -0.25) is 9.59 Å². The lowest BCUT2D eigenvalue weighted by Gasteiger charge is -2.24. The molecule has 1 aromatic carbocycles. The second kappa shape index (κ2) is 6.63. The predicted molar refractivity (Wildman–Crippen MR) is 87.1 cm³/mol. The van der Waals surface area contributed by atoms with Crippen molar-refractivity contribution in [1.82, 2.24) is 9.80 Å². The van der Waals surface area contributed by atoms with Crippen LogP contribution in [-0.2, 0) is 20.9 Å². The molecule has 128 valence electrons. The van der Waals surface area contributed by atoms with E-state index in [-0.39, 0.29) is 18.2 Å². The summed E-state index contributed by atoms with van der Waals surface area (Å²) in [7, 11) is 0. The molecule has 6 nitrogen and oxygen atoms in total. The second-order valence-corrected chi connectivity index (χ2v) is 6.69. The number of carboxylic acid groups (broad SMARTS) is 1. The summed E-state index contributed by atoms with van der Waals surface area (Å²) in [5.74, 6) is -1.62. The molecule has 2 atom stereocenters. The van der Waals surface area contributed by atoms with E-state index in [0.717, 1.165) is 11.1 Å². The summed E-state index contributed by atoms with van der Waals surface area (Å²) in [6.07, 6.45) is 1.37. The van der Waals surface area contributed by atoms with Gasteiger partial charge in [-0.15, -0.1) is 0 Å². The van der Waals surface area contributed by atoms with E-state index in [4.69, 9.17) is 0 Å². The molecule has 2 saturated heterocycles. The zero-order chi connectivity index (χ0) is 17.3. The highest BCUT2D eigenvalue weighted by Crippen LogP contribution is 2.26. The Morgan fingerprint density at radius 2 is 1.96 bits per heavy atom. The maximum atomic E-state index is 12.6. The smallest absolute Gasteiger partial charge is 0.326 e. The summed E-state index contributed by atoms with van der Waals surface area (Å²) in [5, 5.41) is 9.23. The van der Waals surface area contributed by atoms with Crippen molar-refractivity contribution in [3.05, 3.63) is 35.4 Å². The monoisotopic (exact) mass is 330 g/mol. The molecular weight excluding hydrogens is 308 g/mol. The highest BCUT2D eigenvalue weighted by atomic mass is 16.4. The Hall–Kier alpha value is -2.37. The third-order valence-electron chi connectivity index (χ3n) is 4.88. The lowest BCUT2D eigenvalue weighted by atomic mass is 10.1. The van der Waals surface area contributed by atoms with Crippen LogP contribution in [0.1, 0.15) is 30.4 Å². The molecule has 0 aliphatic carbocycles. The Balaban J connectivity index is 1.64. The number of carbonyl (C=O) groups excluding carboxylic acids is 2. The van der Waals surface area contributed by atoms with E-state index in [1.54, 1.807) is 4.90 Å². The number of amides is 2. The van der Waals surface area contributed by atoms with E-state index >= 15 is 0 Å². The molecule has 2 aliphatic rings. The van der Waals surface area contributed by atoms with Crippen LogP contribution < -0.4 is 0 Å². The maximum Gasteiger partial charge on any atom is 0.326 e. The normalized spacial score (nSPS) is 23.8. The van der Waals surface area contributed by atoms with Crippen LogP contribution in [0, 0.1) is 12.8 Å². The zero-order valence-electron chi connectivity index (χ0n) is 13.8. The summed E-state index contributed by atoms with van der Waals surface area (Å²) in [6, 6.07) is 7.23. The van der Waals surface area contributed by atoms with Crippen molar-refractivity contribution < 1.29 is 19.5 Å². The Morgan fingerprint density at radius 3 is 2.62 bits per heavy atom. The maximum absolute atomic E-state index is 12.6. The summed E-state index contributed by atoms with van der Waals surface area (Å²) in [5.41, 5.74) is 2.19. The Bertz CT molecular complexity index is 655. The number of likely N-dealkylation sites (tertiary alicyclic amines) is 2. The largest absolute Gasteiger partial charge is 0.480 e. The molecule has 2 amide bonds. The standard InChI is InChI=1S/C18H22N2O4/c1-12-4-6-13(7-5-12)10-19-11-14(9-16(19)21)17(22)20-8-2-3-15(20)18(23)24/h4-7,14-15H,2-3,8-11H2,1H3,(H,23,24)/t14?,15-/m1/s1. The average molecular weight is 330 g/mol. The summed E-state index contributed by atoms with van der Waals surface area (Å²) >= 11 is 0. The SMILES string of the molecule is Cc1ccc(CN2CC(C(=O)N3CCC[C@@H]3C(=O)O)CC2=O)cc1. The van der Waals surface area contributed by atoms with Gasteiger partial charge < -0.3 is 14.9 Å². The number of hydrogen-bond acceptors (Lipinski definition) is 3. The van der Waals surface area contributed by atoms with Gasteiger partial charge in [0.2, 0.25) is 11.8 Å². The molecule has 0 bridgehead atoms. The van der Waals surface area contributed by atoms with Gasteiger partial charge in [0.05, 0.1) is 5.92 Å². The van der Waals surface area contributed by atoms with Crippen molar-refractivity contribution in [3.63, 3.8) is 0 Å². The number of carbonyl (C=O) groups is 3. The summed E-state index contributed by atoms with van der Waals surface area (Å²) in [6.45, 7) is 3.34. The van der Waals surface area contributed by atoms with E-state index in [1.807, 2.05) is 31.2 Å². The molecular formula is C18H22N2O4. The molecule has 1 aromatic rings. The third-order valence-corrected chi connectivity index (χ3v) is 4.88. The quantitative estimate of drug-likeness (QED) is 0.906. The van der Waals surface area contributed by atoms with Gasteiger partial charge >= 0.3 is 5.97 Å². The lowest BCUT2D eigenvalue weighted by molar-refractivity contribution is -0.149. The molecule has 0 radical (unpaired) electrons. The van der Waals surface area contributed by atoms with E-state index in [1.165, 1.54) is 4.90 Å². The minimum atomic E-state index is -0.957.